The zero-order valence-electron chi connectivity index (χ0n) is 7.34. The topological polar surface area (TPSA) is 9.23 Å². The maximum absolute atomic E-state index is 5.50. The first-order chi connectivity index (χ1) is 5.43. The van der Waals surface area contributed by atoms with Crippen molar-refractivity contribution in [2.24, 2.45) is 0 Å². The molecule has 0 spiro atoms. The molecule has 11 heavy (non-hydrogen) atoms. The van der Waals surface area contributed by atoms with Crippen LogP contribution in [-0.4, -0.2) is 17.8 Å². The molecule has 1 heterocycles. The summed E-state index contributed by atoms with van der Waals surface area (Å²) in [6.45, 7) is 3.23. The molecule has 0 N–H and O–H groups in total. The van der Waals surface area contributed by atoms with Crippen molar-refractivity contribution >= 4 is 11.8 Å². The molecule has 0 amide bonds. The van der Waals surface area contributed by atoms with E-state index in [2.05, 4.69) is 6.92 Å². The summed E-state index contributed by atoms with van der Waals surface area (Å²) in [5.74, 6) is 1.21. The van der Waals surface area contributed by atoms with Gasteiger partial charge in [-0.15, -0.1) is 11.8 Å². The fourth-order valence-electron chi connectivity index (χ4n) is 1.31. The Morgan fingerprint density at radius 3 is 2.91 bits per heavy atom. The Hall–Kier alpha value is 0.310. The van der Waals surface area contributed by atoms with Gasteiger partial charge in [0.25, 0.3) is 0 Å². The molecule has 66 valence electrons. The Bertz CT molecular complexity index is 89.6. The molecule has 0 saturated carbocycles. The molecule has 1 saturated heterocycles. The molecule has 0 bridgehead atoms. The van der Waals surface area contributed by atoms with Gasteiger partial charge in [0.15, 0.2) is 0 Å². The van der Waals surface area contributed by atoms with Crippen molar-refractivity contribution in [2.75, 3.05) is 12.4 Å². The molecule has 0 radical (unpaired) electrons. The molecule has 1 aliphatic rings. The Balaban J connectivity index is 1.86. The Labute approximate surface area is 73.9 Å². The average Bonchev–Trinajstić information content (AvgIpc) is 2.50. The molecule has 0 aromatic carbocycles. The summed E-state index contributed by atoms with van der Waals surface area (Å²) in [7, 11) is 0. The molecule has 1 unspecified atom stereocenters. The highest BCUT2D eigenvalue weighted by atomic mass is 32.2. The minimum absolute atomic E-state index is 0.534. The SMILES string of the molecule is CCCCCCC1OCCS1. The molecule has 0 aliphatic carbocycles. The summed E-state index contributed by atoms with van der Waals surface area (Å²) < 4.78 is 5.50. The predicted molar refractivity (Wildman–Crippen MR) is 51.0 cm³/mol. The summed E-state index contributed by atoms with van der Waals surface area (Å²) in [5.41, 5.74) is 0.534. The van der Waals surface area contributed by atoms with E-state index in [1.54, 1.807) is 0 Å². The predicted octanol–water partition coefficient (Wildman–Crippen LogP) is 3.05. The Kier molecular flexibility index (Phi) is 5.04. The van der Waals surface area contributed by atoms with Crippen molar-refractivity contribution in [3.63, 3.8) is 0 Å². The van der Waals surface area contributed by atoms with Crippen LogP contribution >= 0.6 is 11.8 Å². The molecule has 1 nitrogen and oxygen atoms in total. The van der Waals surface area contributed by atoms with Gasteiger partial charge < -0.3 is 4.74 Å². The van der Waals surface area contributed by atoms with Gasteiger partial charge in [-0.1, -0.05) is 26.2 Å². The van der Waals surface area contributed by atoms with Gasteiger partial charge in [0.2, 0.25) is 0 Å². The van der Waals surface area contributed by atoms with Crippen LogP contribution in [0.15, 0.2) is 0 Å². The van der Waals surface area contributed by atoms with Crippen molar-refractivity contribution in [3.05, 3.63) is 0 Å². The van der Waals surface area contributed by atoms with E-state index in [1.807, 2.05) is 11.8 Å². The number of unbranched alkanes of at least 4 members (excludes halogenated alkanes) is 3. The molecule has 1 fully saturated rings. The van der Waals surface area contributed by atoms with Crippen LogP contribution in [0.1, 0.15) is 39.0 Å². The zero-order chi connectivity index (χ0) is 7.94. The summed E-state index contributed by atoms with van der Waals surface area (Å²) in [6, 6.07) is 0. The normalized spacial score (nSPS) is 24.3. The second-order valence-electron chi connectivity index (χ2n) is 3.02. The minimum Gasteiger partial charge on any atom is -0.367 e. The van der Waals surface area contributed by atoms with Crippen molar-refractivity contribution < 1.29 is 4.74 Å². The highest BCUT2D eigenvalue weighted by molar-refractivity contribution is 7.99. The van der Waals surface area contributed by atoms with Gasteiger partial charge >= 0.3 is 0 Å². The number of hydrogen-bond acceptors (Lipinski definition) is 2. The fourth-order valence-corrected chi connectivity index (χ4v) is 2.29. The first-order valence-corrected chi connectivity index (χ1v) is 5.71. The van der Waals surface area contributed by atoms with Gasteiger partial charge in [0.1, 0.15) is 5.44 Å². The van der Waals surface area contributed by atoms with Crippen LogP contribution in [0.3, 0.4) is 0 Å². The summed E-state index contributed by atoms with van der Waals surface area (Å²) >= 11 is 1.98. The van der Waals surface area contributed by atoms with Crippen LogP contribution in [0.2, 0.25) is 0 Å². The number of thioether (sulfide) groups is 1. The van der Waals surface area contributed by atoms with Crippen LogP contribution in [0.25, 0.3) is 0 Å². The lowest BCUT2D eigenvalue weighted by Gasteiger charge is -2.06. The second kappa shape index (κ2) is 5.90. The molecule has 1 aliphatic heterocycles. The lowest BCUT2D eigenvalue weighted by molar-refractivity contribution is 0.135. The summed E-state index contributed by atoms with van der Waals surface area (Å²) in [4.78, 5) is 0. The average molecular weight is 174 g/mol. The first-order valence-electron chi connectivity index (χ1n) is 4.66. The largest absolute Gasteiger partial charge is 0.367 e. The highest BCUT2D eigenvalue weighted by Crippen LogP contribution is 2.24. The van der Waals surface area contributed by atoms with E-state index in [-0.39, 0.29) is 0 Å². The van der Waals surface area contributed by atoms with E-state index in [4.69, 9.17) is 4.74 Å². The third-order valence-electron chi connectivity index (χ3n) is 1.98. The van der Waals surface area contributed by atoms with Crippen LogP contribution in [0, 0.1) is 0 Å². The van der Waals surface area contributed by atoms with E-state index in [1.165, 1.54) is 37.9 Å². The monoisotopic (exact) mass is 174 g/mol. The molecule has 2 heteroatoms. The molecule has 0 aromatic rings. The van der Waals surface area contributed by atoms with Gasteiger partial charge in [-0.05, 0) is 12.8 Å². The van der Waals surface area contributed by atoms with Crippen molar-refractivity contribution in [1.82, 2.24) is 0 Å². The fraction of sp³-hybridized carbons (Fsp3) is 1.00. The Morgan fingerprint density at radius 2 is 2.27 bits per heavy atom. The van der Waals surface area contributed by atoms with Crippen LogP contribution in [0.4, 0.5) is 0 Å². The van der Waals surface area contributed by atoms with E-state index in [9.17, 15) is 0 Å². The third kappa shape index (κ3) is 4.02. The van der Waals surface area contributed by atoms with E-state index < -0.39 is 0 Å². The molecular weight excluding hydrogens is 156 g/mol. The molecule has 1 atom stereocenters. The van der Waals surface area contributed by atoms with Crippen LogP contribution < -0.4 is 0 Å². The third-order valence-corrected chi connectivity index (χ3v) is 3.13. The van der Waals surface area contributed by atoms with Gasteiger partial charge in [0.05, 0.1) is 6.61 Å². The quantitative estimate of drug-likeness (QED) is 0.592. The Morgan fingerprint density at radius 1 is 1.36 bits per heavy atom. The van der Waals surface area contributed by atoms with Gasteiger partial charge in [-0.2, -0.15) is 0 Å². The second-order valence-corrected chi connectivity index (χ2v) is 4.29. The molecule has 0 aromatic heterocycles. The maximum Gasteiger partial charge on any atom is 0.103 e. The maximum atomic E-state index is 5.50. The smallest absolute Gasteiger partial charge is 0.103 e. The summed E-state index contributed by atoms with van der Waals surface area (Å²) in [6.07, 6.45) is 6.73. The summed E-state index contributed by atoms with van der Waals surface area (Å²) in [5, 5.41) is 0. The standard InChI is InChI=1S/C9H18OS/c1-2-3-4-5-6-9-10-7-8-11-9/h9H,2-8H2,1H3. The van der Waals surface area contributed by atoms with Gasteiger partial charge in [-0.25, -0.2) is 0 Å². The first kappa shape index (κ1) is 9.40. The van der Waals surface area contributed by atoms with Crippen molar-refractivity contribution in [3.8, 4) is 0 Å². The van der Waals surface area contributed by atoms with Crippen molar-refractivity contribution in [2.45, 2.75) is 44.5 Å². The van der Waals surface area contributed by atoms with E-state index in [0.29, 0.717) is 5.44 Å². The molecule has 1 rings (SSSR count). The van der Waals surface area contributed by atoms with E-state index >= 15 is 0 Å². The number of ether oxygens (including phenoxy) is 1. The van der Waals surface area contributed by atoms with Crippen molar-refractivity contribution in [1.29, 1.82) is 0 Å². The van der Waals surface area contributed by atoms with Gasteiger partial charge in [0, 0.05) is 5.75 Å². The van der Waals surface area contributed by atoms with Crippen LogP contribution in [0.5, 0.6) is 0 Å². The van der Waals surface area contributed by atoms with Crippen LogP contribution in [-0.2, 0) is 4.74 Å². The lowest BCUT2D eigenvalue weighted by atomic mass is 10.2. The number of rotatable bonds is 5. The van der Waals surface area contributed by atoms with Gasteiger partial charge in [-0.3, -0.25) is 0 Å². The minimum atomic E-state index is 0.534. The van der Waals surface area contributed by atoms with E-state index in [0.717, 1.165) is 6.61 Å². The number of hydrogen-bond donors (Lipinski definition) is 0. The highest BCUT2D eigenvalue weighted by Gasteiger charge is 2.14. The molecular formula is C9H18OS. The lowest BCUT2D eigenvalue weighted by Crippen LogP contribution is -2.00. The zero-order valence-corrected chi connectivity index (χ0v) is 8.16.